The number of carbonyl (C=O) groups excluding carboxylic acids is 1. The number of halogens is 1. The first kappa shape index (κ1) is 17.0. The zero-order chi connectivity index (χ0) is 16.9. The standard InChI is InChI=1S/C19H22BrN3O/c1-2-22-10-12-23(13-11-22)18-8-6-17(7-9-18)21-19(24)15-4-3-5-16(20)14-15/h3-9,14H,2,10-13H2,1H3,(H,21,24). The maximum absolute atomic E-state index is 12.3. The van der Waals surface area contributed by atoms with Crippen LogP contribution in [0, 0.1) is 0 Å². The van der Waals surface area contributed by atoms with Crippen molar-refractivity contribution in [1.82, 2.24) is 4.90 Å². The molecule has 4 nitrogen and oxygen atoms in total. The van der Waals surface area contributed by atoms with E-state index >= 15 is 0 Å². The average molecular weight is 388 g/mol. The van der Waals surface area contributed by atoms with Crippen molar-refractivity contribution in [3.63, 3.8) is 0 Å². The topological polar surface area (TPSA) is 35.6 Å². The molecule has 1 N–H and O–H groups in total. The SMILES string of the molecule is CCN1CCN(c2ccc(NC(=O)c3cccc(Br)c3)cc2)CC1. The Morgan fingerprint density at radius 1 is 1.08 bits per heavy atom. The van der Waals surface area contributed by atoms with Gasteiger partial charge in [0.05, 0.1) is 0 Å². The fourth-order valence-corrected chi connectivity index (χ4v) is 3.31. The summed E-state index contributed by atoms with van der Waals surface area (Å²) in [6, 6.07) is 15.5. The Kier molecular flexibility index (Phi) is 5.53. The first-order valence-electron chi connectivity index (χ1n) is 8.30. The summed E-state index contributed by atoms with van der Waals surface area (Å²) < 4.78 is 0.900. The number of hydrogen-bond acceptors (Lipinski definition) is 3. The van der Waals surface area contributed by atoms with Gasteiger partial charge < -0.3 is 15.1 Å². The summed E-state index contributed by atoms with van der Waals surface area (Å²) in [5.74, 6) is -0.0967. The summed E-state index contributed by atoms with van der Waals surface area (Å²) in [5.41, 5.74) is 2.67. The van der Waals surface area contributed by atoms with Crippen LogP contribution in [0.25, 0.3) is 0 Å². The van der Waals surface area contributed by atoms with Crippen molar-refractivity contribution in [3.8, 4) is 0 Å². The maximum Gasteiger partial charge on any atom is 0.255 e. The summed E-state index contributed by atoms with van der Waals surface area (Å²) in [6.07, 6.45) is 0. The molecule has 2 aromatic rings. The zero-order valence-electron chi connectivity index (χ0n) is 13.8. The first-order valence-corrected chi connectivity index (χ1v) is 9.09. The second-order valence-electron chi connectivity index (χ2n) is 5.93. The maximum atomic E-state index is 12.3. The van der Waals surface area contributed by atoms with E-state index in [1.165, 1.54) is 5.69 Å². The molecule has 0 bridgehead atoms. The van der Waals surface area contributed by atoms with E-state index in [1.807, 2.05) is 36.4 Å². The monoisotopic (exact) mass is 387 g/mol. The Morgan fingerprint density at radius 3 is 2.42 bits per heavy atom. The van der Waals surface area contributed by atoms with Crippen LogP contribution < -0.4 is 10.2 Å². The molecule has 0 radical (unpaired) electrons. The fourth-order valence-electron chi connectivity index (χ4n) is 2.91. The molecular formula is C19H22BrN3O. The zero-order valence-corrected chi connectivity index (χ0v) is 15.4. The lowest BCUT2D eigenvalue weighted by molar-refractivity contribution is 0.102. The molecule has 0 atom stereocenters. The van der Waals surface area contributed by atoms with E-state index in [9.17, 15) is 4.79 Å². The van der Waals surface area contributed by atoms with E-state index in [4.69, 9.17) is 0 Å². The predicted octanol–water partition coefficient (Wildman–Crippen LogP) is 3.84. The average Bonchev–Trinajstić information content (AvgIpc) is 2.62. The molecule has 0 unspecified atom stereocenters. The number of nitrogens with one attached hydrogen (secondary N) is 1. The highest BCUT2D eigenvalue weighted by atomic mass is 79.9. The molecule has 1 saturated heterocycles. The van der Waals surface area contributed by atoms with Crippen molar-refractivity contribution in [3.05, 3.63) is 58.6 Å². The van der Waals surface area contributed by atoms with E-state index in [1.54, 1.807) is 0 Å². The second kappa shape index (κ2) is 7.81. The number of benzene rings is 2. The van der Waals surface area contributed by atoms with Crippen LogP contribution in [0.4, 0.5) is 11.4 Å². The van der Waals surface area contributed by atoms with Crippen LogP contribution in [-0.4, -0.2) is 43.5 Å². The normalized spacial score (nSPS) is 15.3. The molecule has 0 saturated carbocycles. The summed E-state index contributed by atoms with van der Waals surface area (Å²) in [6.45, 7) is 7.65. The van der Waals surface area contributed by atoms with Gasteiger partial charge in [0.2, 0.25) is 0 Å². The minimum Gasteiger partial charge on any atom is -0.369 e. The quantitative estimate of drug-likeness (QED) is 0.865. The van der Waals surface area contributed by atoms with Gasteiger partial charge in [-0.3, -0.25) is 4.79 Å². The van der Waals surface area contributed by atoms with Crippen LogP contribution in [0.2, 0.25) is 0 Å². The Bertz CT molecular complexity index is 694. The lowest BCUT2D eigenvalue weighted by Gasteiger charge is -2.35. The Morgan fingerprint density at radius 2 is 1.79 bits per heavy atom. The number of likely N-dealkylation sites (N-methyl/N-ethyl adjacent to an activating group) is 1. The van der Waals surface area contributed by atoms with Gasteiger partial charge in [0.15, 0.2) is 0 Å². The van der Waals surface area contributed by atoms with E-state index in [0.717, 1.165) is 42.9 Å². The van der Waals surface area contributed by atoms with Crippen LogP contribution >= 0.6 is 15.9 Å². The molecule has 0 aliphatic carbocycles. The van der Waals surface area contributed by atoms with Gasteiger partial charge >= 0.3 is 0 Å². The molecule has 1 amide bonds. The molecule has 1 aliphatic heterocycles. The van der Waals surface area contributed by atoms with Gasteiger partial charge in [-0.2, -0.15) is 0 Å². The van der Waals surface area contributed by atoms with Gasteiger partial charge in [0, 0.05) is 47.6 Å². The molecule has 2 aromatic carbocycles. The summed E-state index contributed by atoms with van der Waals surface area (Å²) in [4.78, 5) is 17.1. The Balaban J connectivity index is 1.61. The van der Waals surface area contributed by atoms with Crippen molar-refractivity contribution in [2.24, 2.45) is 0 Å². The number of amides is 1. The smallest absolute Gasteiger partial charge is 0.255 e. The van der Waals surface area contributed by atoms with Crippen molar-refractivity contribution in [1.29, 1.82) is 0 Å². The summed E-state index contributed by atoms with van der Waals surface area (Å²) in [5, 5.41) is 2.95. The summed E-state index contributed by atoms with van der Waals surface area (Å²) >= 11 is 3.39. The van der Waals surface area contributed by atoms with Gasteiger partial charge in [-0.25, -0.2) is 0 Å². The van der Waals surface area contributed by atoms with Crippen molar-refractivity contribution in [2.75, 3.05) is 42.9 Å². The molecule has 126 valence electrons. The van der Waals surface area contributed by atoms with E-state index in [2.05, 4.69) is 50.1 Å². The lowest BCUT2D eigenvalue weighted by atomic mass is 10.2. The third-order valence-corrected chi connectivity index (χ3v) is 4.89. The van der Waals surface area contributed by atoms with Gasteiger partial charge in [0.1, 0.15) is 0 Å². The van der Waals surface area contributed by atoms with Crippen molar-refractivity contribution < 1.29 is 4.79 Å². The number of nitrogens with zero attached hydrogens (tertiary/aromatic N) is 2. The number of anilines is 2. The molecule has 1 aliphatic rings. The van der Waals surface area contributed by atoms with Crippen LogP contribution in [0.1, 0.15) is 17.3 Å². The number of hydrogen-bond donors (Lipinski definition) is 1. The minimum absolute atomic E-state index is 0.0967. The molecule has 3 rings (SSSR count). The molecule has 1 fully saturated rings. The van der Waals surface area contributed by atoms with Crippen molar-refractivity contribution >= 4 is 33.2 Å². The molecule has 24 heavy (non-hydrogen) atoms. The van der Waals surface area contributed by atoms with Gasteiger partial charge in [-0.1, -0.05) is 28.9 Å². The largest absolute Gasteiger partial charge is 0.369 e. The number of piperazine rings is 1. The van der Waals surface area contributed by atoms with Gasteiger partial charge in [0.25, 0.3) is 5.91 Å². The van der Waals surface area contributed by atoms with E-state index in [0.29, 0.717) is 5.56 Å². The molecule has 0 spiro atoms. The minimum atomic E-state index is -0.0967. The third-order valence-electron chi connectivity index (χ3n) is 4.40. The molecule has 1 heterocycles. The third kappa shape index (κ3) is 4.16. The van der Waals surface area contributed by atoms with Crippen LogP contribution in [0.15, 0.2) is 53.0 Å². The number of carbonyl (C=O) groups is 1. The molecular weight excluding hydrogens is 366 g/mol. The fraction of sp³-hybridized carbons (Fsp3) is 0.316. The molecule has 0 aromatic heterocycles. The Hall–Kier alpha value is -1.85. The van der Waals surface area contributed by atoms with Crippen LogP contribution in [0.5, 0.6) is 0 Å². The highest BCUT2D eigenvalue weighted by Crippen LogP contribution is 2.20. The van der Waals surface area contributed by atoms with E-state index in [-0.39, 0.29) is 5.91 Å². The highest BCUT2D eigenvalue weighted by Gasteiger charge is 2.15. The van der Waals surface area contributed by atoms with Gasteiger partial charge in [-0.05, 0) is 49.0 Å². The lowest BCUT2D eigenvalue weighted by Crippen LogP contribution is -2.46. The Labute approximate surface area is 151 Å². The first-order chi connectivity index (χ1) is 11.7. The second-order valence-corrected chi connectivity index (χ2v) is 6.85. The number of rotatable bonds is 4. The highest BCUT2D eigenvalue weighted by molar-refractivity contribution is 9.10. The predicted molar refractivity (Wildman–Crippen MR) is 103 cm³/mol. The van der Waals surface area contributed by atoms with Crippen molar-refractivity contribution in [2.45, 2.75) is 6.92 Å². The van der Waals surface area contributed by atoms with Gasteiger partial charge in [-0.15, -0.1) is 0 Å². The summed E-state index contributed by atoms with van der Waals surface area (Å²) in [7, 11) is 0. The van der Waals surface area contributed by atoms with Crippen LogP contribution in [-0.2, 0) is 0 Å². The van der Waals surface area contributed by atoms with Crippen LogP contribution in [0.3, 0.4) is 0 Å². The van der Waals surface area contributed by atoms with E-state index < -0.39 is 0 Å². The molecule has 5 heteroatoms.